The van der Waals surface area contributed by atoms with E-state index < -0.39 is 0 Å². The van der Waals surface area contributed by atoms with Crippen LogP contribution in [-0.4, -0.2) is 31.8 Å². The van der Waals surface area contributed by atoms with Crippen molar-refractivity contribution in [3.8, 4) is 0 Å². The molecule has 0 aliphatic heterocycles. The Morgan fingerprint density at radius 3 is 1.54 bits per heavy atom. The number of hydrogen-bond acceptors (Lipinski definition) is 2. The smallest absolute Gasteiger partial charge is 0.146 e. The van der Waals surface area contributed by atoms with Crippen LogP contribution >= 0.6 is 23.2 Å². The predicted molar refractivity (Wildman–Crippen MR) is 56.7 cm³/mol. The predicted octanol–water partition coefficient (Wildman–Crippen LogP) is 3.02. The molecular weight excluding hydrogens is 211 g/mol. The van der Waals surface area contributed by atoms with Crippen LogP contribution in [0.2, 0.25) is 0 Å². The average molecular weight is 229 g/mol. The van der Waals surface area contributed by atoms with Crippen LogP contribution in [0.1, 0.15) is 25.7 Å². The first-order chi connectivity index (χ1) is 6.41. The maximum atomic E-state index is 5.50. The van der Waals surface area contributed by atoms with Crippen LogP contribution in [0.5, 0.6) is 0 Å². The van der Waals surface area contributed by atoms with Crippen molar-refractivity contribution in [2.24, 2.45) is 0 Å². The van der Waals surface area contributed by atoms with Crippen molar-refractivity contribution < 1.29 is 9.47 Å². The Morgan fingerprint density at radius 2 is 1.15 bits per heavy atom. The molecule has 0 aliphatic rings. The van der Waals surface area contributed by atoms with Gasteiger partial charge in [0.2, 0.25) is 0 Å². The summed E-state index contributed by atoms with van der Waals surface area (Å²) in [5.41, 5.74) is 0. The SMILES string of the molecule is ClCCCCOCOCCCCCl. The third kappa shape index (κ3) is 12.5. The fourth-order valence-electron chi connectivity index (χ4n) is 0.774. The van der Waals surface area contributed by atoms with E-state index in [1.807, 2.05) is 0 Å². The quantitative estimate of drug-likeness (QED) is 0.325. The lowest BCUT2D eigenvalue weighted by Gasteiger charge is -2.04. The lowest BCUT2D eigenvalue weighted by molar-refractivity contribution is -0.0549. The zero-order chi connectivity index (χ0) is 9.78. The minimum atomic E-state index is 0.393. The molecule has 0 aromatic rings. The Balaban J connectivity index is 2.76. The van der Waals surface area contributed by atoms with Crippen molar-refractivity contribution in [1.29, 1.82) is 0 Å². The van der Waals surface area contributed by atoms with Gasteiger partial charge in [-0.25, -0.2) is 0 Å². The van der Waals surface area contributed by atoms with Gasteiger partial charge in [-0.2, -0.15) is 0 Å². The number of rotatable bonds is 10. The molecule has 0 heterocycles. The Morgan fingerprint density at radius 1 is 0.692 bits per heavy atom. The van der Waals surface area contributed by atoms with E-state index in [-0.39, 0.29) is 0 Å². The summed E-state index contributed by atoms with van der Waals surface area (Å²) in [4.78, 5) is 0. The van der Waals surface area contributed by atoms with Crippen molar-refractivity contribution in [2.75, 3.05) is 31.8 Å². The van der Waals surface area contributed by atoms with Gasteiger partial charge in [0.05, 0.1) is 0 Å². The van der Waals surface area contributed by atoms with Gasteiger partial charge < -0.3 is 9.47 Å². The molecule has 0 unspecified atom stereocenters. The lowest BCUT2D eigenvalue weighted by atomic mass is 10.4. The third-order valence-electron chi connectivity index (χ3n) is 1.51. The molecule has 0 fully saturated rings. The highest BCUT2D eigenvalue weighted by molar-refractivity contribution is 6.18. The largest absolute Gasteiger partial charge is 0.355 e. The number of halogens is 2. The molecule has 0 aromatic carbocycles. The summed E-state index contributed by atoms with van der Waals surface area (Å²) in [5, 5.41) is 0. The molecule has 0 saturated carbocycles. The van der Waals surface area contributed by atoms with Crippen molar-refractivity contribution in [2.45, 2.75) is 25.7 Å². The van der Waals surface area contributed by atoms with Crippen molar-refractivity contribution in [3.05, 3.63) is 0 Å². The lowest BCUT2D eigenvalue weighted by Crippen LogP contribution is -2.03. The van der Waals surface area contributed by atoms with Gasteiger partial charge in [-0.05, 0) is 25.7 Å². The zero-order valence-electron chi connectivity index (χ0n) is 7.94. The highest BCUT2D eigenvalue weighted by Crippen LogP contribution is 1.94. The van der Waals surface area contributed by atoms with Gasteiger partial charge in [-0.3, -0.25) is 0 Å². The molecule has 0 radical (unpaired) electrons. The maximum absolute atomic E-state index is 5.50. The second kappa shape index (κ2) is 12.5. The minimum Gasteiger partial charge on any atom is -0.355 e. The summed E-state index contributed by atoms with van der Waals surface area (Å²) in [6, 6.07) is 0. The van der Waals surface area contributed by atoms with Crippen LogP contribution in [0.4, 0.5) is 0 Å². The molecule has 80 valence electrons. The number of alkyl halides is 2. The van der Waals surface area contributed by atoms with Gasteiger partial charge >= 0.3 is 0 Å². The number of ether oxygens (including phenoxy) is 2. The van der Waals surface area contributed by atoms with Gasteiger partial charge in [0.25, 0.3) is 0 Å². The van der Waals surface area contributed by atoms with Crippen LogP contribution in [0.25, 0.3) is 0 Å². The summed E-state index contributed by atoms with van der Waals surface area (Å²) in [6.07, 6.45) is 4.03. The highest BCUT2D eigenvalue weighted by Gasteiger charge is 1.90. The van der Waals surface area contributed by atoms with Gasteiger partial charge in [0.1, 0.15) is 6.79 Å². The molecule has 0 aromatic heterocycles. The van der Waals surface area contributed by atoms with Crippen LogP contribution < -0.4 is 0 Å². The molecule has 0 saturated heterocycles. The second-order valence-electron chi connectivity index (χ2n) is 2.73. The van der Waals surface area contributed by atoms with E-state index in [2.05, 4.69) is 0 Å². The van der Waals surface area contributed by atoms with Crippen molar-refractivity contribution >= 4 is 23.2 Å². The summed E-state index contributed by atoms with van der Waals surface area (Å²) in [7, 11) is 0. The topological polar surface area (TPSA) is 18.5 Å². The first-order valence-corrected chi connectivity index (χ1v) is 5.76. The van der Waals surface area contributed by atoms with Crippen molar-refractivity contribution in [3.63, 3.8) is 0 Å². The summed E-state index contributed by atoms with van der Waals surface area (Å²) in [5.74, 6) is 1.42. The molecule has 0 spiro atoms. The first-order valence-electron chi connectivity index (χ1n) is 4.69. The number of hydrogen-bond donors (Lipinski definition) is 0. The fourth-order valence-corrected chi connectivity index (χ4v) is 1.15. The maximum Gasteiger partial charge on any atom is 0.146 e. The second-order valence-corrected chi connectivity index (χ2v) is 3.48. The van der Waals surface area contributed by atoms with Crippen LogP contribution in [0.3, 0.4) is 0 Å². The molecule has 0 N–H and O–H groups in total. The van der Waals surface area contributed by atoms with Crippen LogP contribution in [0, 0.1) is 0 Å². The molecular formula is C9H18Cl2O2. The average Bonchev–Trinajstić information content (AvgIpc) is 2.16. The molecule has 0 aliphatic carbocycles. The summed E-state index contributed by atoms with van der Waals surface area (Å²) >= 11 is 11.0. The Hall–Kier alpha value is 0.500. The first kappa shape index (κ1) is 13.5. The molecule has 0 atom stereocenters. The van der Waals surface area contributed by atoms with Gasteiger partial charge in [-0.15, -0.1) is 23.2 Å². The van der Waals surface area contributed by atoms with Crippen LogP contribution in [-0.2, 0) is 9.47 Å². The van der Waals surface area contributed by atoms with E-state index in [0.29, 0.717) is 18.6 Å². The Bertz CT molecular complexity index is 81.7. The van der Waals surface area contributed by atoms with E-state index in [0.717, 1.165) is 38.9 Å². The molecule has 0 bridgehead atoms. The van der Waals surface area contributed by atoms with E-state index >= 15 is 0 Å². The fraction of sp³-hybridized carbons (Fsp3) is 1.00. The van der Waals surface area contributed by atoms with E-state index in [1.165, 1.54) is 0 Å². The highest BCUT2D eigenvalue weighted by atomic mass is 35.5. The normalized spacial score (nSPS) is 10.6. The Labute approximate surface area is 90.5 Å². The Kier molecular flexibility index (Phi) is 13.0. The zero-order valence-corrected chi connectivity index (χ0v) is 9.45. The van der Waals surface area contributed by atoms with E-state index in [9.17, 15) is 0 Å². The van der Waals surface area contributed by atoms with E-state index in [4.69, 9.17) is 32.7 Å². The third-order valence-corrected chi connectivity index (χ3v) is 2.05. The van der Waals surface area contributed by atoms with Crippen LogP contribution in [0.15, 0.2) is 0 Å². The monoisotopic (exact) mass is 228 g/mol. The summed E-state index contributed by atoms with van der Waals surface area (Å²) in [6.45, 7) is 1.87. The molecule has 2 nitrogen and oxygen atoms in total. The van der Waals surface area contributed by atoms with Crippen molar-refractivity contribution in [1.82, 2.24) is 0 Å². The molecule has 13 heavy (non-hydrogen) atoms. The van der Waals surface area contributed by atoms with Gasteiger partial charge in [0.15, 0.2) is 0 Å². The van der Waals surface area contributed by atoms with Gasteiger partial charge in [-0.1, -0.05) is 0 Å². The standard InChI is InChI=1S/C9H18Cl2O2/c10-5-1-3-7-12-9-13-8-4-2-6-11/h1-9H2. The number of unbranched alkanes of at least 4 members (excludes halogenated alkanes) is 2. The molecule has 0 amide bonds. The minimum absolute atomic E-state index is 0.393. The van der Waals surface area contributed by atoms with E-state index in [1.54, 1.807) is 0 Å². The molecule has 4 heteroatoms. The van der Waals surface area contributed by atoms with Gasteiger partial charge in [0, 0.05) is 25.0 Å². The summed E-state index contributed by atoms with van der Waals surface area (Å²) < 4.78 is 10.4. The molecule has 0 rings (SSSR count).